The summed E-state index contributed by atoms with van der Waals surface area (Å²) in [6.07, 6.45) is 1.88. The largest absolute Gasteiger partial charge is 0.322 e. The van der Waals surface area contributed by atoms with Gasteiger partial charge in [-0.25, -0.2) is 8.78 Å². The molecule has 1 N–H and O–H groups in total. The summed E-state index contributed by atoms with van der Waals surface area (Å²) in [4.78, 5) is 12.0. The molecule has 0 bridgehead atoms. The van der Waals surface area contributed by atoms with Crippen molar-refractivity contribution >= 4 is 27.5 Å². The normalized spacial score (nSPS) is 10.4. The van der Waals surface area contributed by atoms with Crippen LogP contribution in [0.25, 0.3) is 0 Å². The van der Waals surface area contributed by atoms with E-state index in [1.165, 1.54) is 0 Å². The van der Waals surface area contributed by atoms with Crippen LogP contribution in [0.5, 0.6) is 0 Å². The van der Waals surface area contributed by atoms with Crippen LogP contribution >= 0.6 is 15.9 Å². The van der Waals surface area contributed by atoms with Gasteiger partial charge in [0, 0.05) is 22.6 Å². The van der Waals surface area contributed by atoms with Crippen LogP contribution in [0.2, 0.25) is 0 Å². The van der Waals surface area contributed by atoms with Crippen LogP contribution in [0, 0.1) is 11.6 Å². The quantitative estimate of drug-likeness (QED) is 0.785. The van der Waals surface area contributed by atoms with E-state index in [0.717, 1.165) is 41.9 Å². The lowest BCUT2D eigenvalue weighted by atomic mass is 10.1. The maximum Gasteiger partial charge on any atom is 0.255 e. The Kier molecular flexibility index (Phi) is 5.44. The standard InChI is InChI=1S/C16H14BrF2NO/c17-6-2-4-11-3-1-5-15(7-11)20-16(21)12-8-13(18)10-14(19)9-12/h1,3,5,7-10H,2,4,6H2,(H,20,21). The average Bonchev–Trinajstić information content (AvgIpc) is 2.44. The maximum absolute atomic E-state index is 13.1. The molecule has 2 aromatic rings. The van der Waals surface area contributed by atoms with Crippen LogP contribution in [-0.4, -0.2) is 11.2 Å². The summed E-state index contributed by atoms with van der Waals surface area (Å²) in [6, 6.07) is 10.2. The first kappa shape index (κ1) is 15.6. The van der Waals surface area contributed by atoms with E-state index >= 15 is 0 Å². The van der Waals surface area contributed by atoms with Gasteiger partial charge in [0.2, 0.25) is 0 Å². The Labute approximate surface area is 130 Å². The van der Waals surface area contributed by atoms with Crippen molar-refractivity contribution in [3.8, 4) is 0 Å². The summed E-state index contributed by atoms with van der Waals surface area (Å²) in [7, 11) is 0. The van der Waals surface area contributed by atoms with E-state index in [9.17, 15) is 13.6 Å². The molecule has 2 rings (SSSR count). The van der Waals surface area contributed by atoms with Crippen molar-refractivity contribution in [2.24, 2.45) is 0 Å². The van der Waals surface area contributed by atoms with Gasteiger partial charge in [0.05, 0.1) is 0 Å². The first-order valence-corrected chi connectivity index (χ1v) is 7.63. The third-order valence-corrected chi connectivity index (χ3v) is 3.47. The van der Waals surface area contributed by atoms with Gasteiger partial charge in [0.25, 0.3) is 5.91 Å². The minimum atomic E-state index is -0.772. The number of carbonyl (C=O) groups excluding carboxylic acids is 1. The van der Waals surface area contributed by atoms with Gasteiger partial charge in [-0.05, 0) is 42.7 Å². The number of halogens is 3. The van der Waals surface area contributed by atoms with Crippen LogP contribution in [0.4, 0.5) is 14.5 Å². The summed E-state index contributed by atoms with van der Waals surface area (Å²) in [5, 5.41) is 3.55. The van der Waals surface area contributed by atoms with Crippen molar-refractivity contribution in [3.05, 3.63) is 65.2 Å². The number of anilines is 1. The molecule has 0 atom stereocenters. The van der Waals surface area contributed by atoms with Gasteiger partial charge in [0.1, 0.15) is 11.6 Å². The lowest BCUT2D eigenvalue weighted by molar-refractivity contribution is 0.102. The van der Waals surface area contributed by atoms with Crippen LogP contribution < -0.4 is 5.32 Å². The predicted octanol–water partition coefficient (Wildman–Crippen LogP) is 4.54. The second kappa shape index (κ2) is 7.31. The monoisotopic (exact) mass is 353 g/mol. The molecule has 0 fully saturated rings. The molecule has 0 aromatic heterocycles. The zero-order valence-electron chi connectivity index (χ0n) is 11.2. The summed E-state index contributed by atoms with van der Waals surface area (Å²) >= 11 is 3.37. The number of alkyl halides is 1. The van der Waals surface area contributed by atoms with Crippen LogP contribution in [0.1, 0.15) is 22.3 Å². The third kappa shape index (κ3) is 4.63. The highest BCUT2D eigenvalue weighted by molar-refractivity contribution is 9.09. The molecule has 1 amide bonds. The van der Waals surface area contributed by atoms with E-state index in [1.807, 2.05) is 18.2 Å². The van der Waals surface area contributed by atoms with E-state index in [2.05, 4.69) is 21.2 Å². The van der Waals surface area contributed by atoms with E-state index < -0.39 is 17.5 Å². The minimum absolute atomic E-state index is 0.0432. The van der Waals surface area contributed by atoms with E-state index in [-0.39, 0.29) is 5.56 Å². The average molecular weight is 354 g/mol. The molecule has 0 saturated carbocycles. The molecular formula is C16H14BrF2NO. The molecule has 0 aliphatic rings. The summed E-state index contributed by atoms with van der Waals surface area (Å²) < 4.78 is 26.2. The topological polar surface area (TPSA) is 29.1 Å². The fourth-order valence-electron chi connectivity index (χ4n) is 1.96. The summed E-state index contributed by atoms with van der Waals surface area (Å²) in [5.41, 5.74) is 1.66. The van der Waals surface area contributed by atoms with Gasteiger partial charge in [-0.2, -0.15) is 0 Å². The molecule has 0 unspecified atom stereocenters. The third-order valence-electron chi connectivity index (χ3n) is 2.91. The van der Waals surface area contributed by atoms with Crippen molar-refractivity contribution in [3.63, 3.8) is 0 Å². The fraction of sp³-hybridized carbons (Fsp3) is 0.188. The number of nitrogens with one attached hydrogen (secondary N) is 1. The molecule has 0 radical (unpaired) electrons. The number of aryl methyl sites for hydroxylation is 1. The van der Waals surface area contributed by atoms with Gasteiger partial charge < -0.3 is 5.32 Å². The highest BCUT2D eigenvalue weighted by Gasteiger charge is 2.09. The van der Waals surface area contributed by atoms with E-state index in [0.29, 0.717) is 5.69 Å². The first-order valence-electron chi connectivity index (χ1n) is 6.51. The number of hydrogen-bond donors (Lipinski definition) is 1. The number of carbonyl (C=O) groups is 1. The Hall–Kier alpha value is -1.75. The highest BCUT2D eigenvalue weighted by atomic mass is 79.9. The molecule has 21 heavy (non-hydrogen) atoms. The van der Waals surface area contributed by atoms with Crippen molar-refractivity contribution in [2.75, 3.05) is 10.6 Å². The van der Waals surface area contributed by atoms with E-state index in [1.54, 1.807) is 6.07 Å². The zero-order valence-corrected chi connectivity index (χ0v) is 12.8. The Bertz CT molecular complexity index is 626. The van der Waals surface area contributed by atoms with Crippen molar-refractivity contribution in [1.29, 1.82) is 0 Å². The molecule has 0 aliphatic carbocycles. The molecule has 0 saturated heterocycles. The van der Waals surface area contributed by atoms with Crippen LogP contribution in [0.15, 0.2) is 42.5 Å². The SMILES string of the molecule is O=C(Nc1cccc(CCCBr)c1)c1cc(F)cc(F)c1. The van der Waals surface area contributed by atoms with Crippen LogP contribution in [0.3, 0.4) is 0 Å². The number of rotatable bonds is 5. The predicted molar refractivity (Wildman–Crippen MR) is 82.9 cm³/mol. The molecular weight excluding hydrogens is 340 g/mol. The minimum Gasteiger partial charge on any atom is -0.322 e. The molecule has 0 spiro atoms. The second-order valence-electron chi connectivity index (χ2n) is 4.61. The maximum atomic E-state index is 13.1. The fourth-order valence-corrected chi connectivity index (χ4v) is 2.24. The van der Waals surface area contributed by atoms with Gasteiger partial charge in [-0.3, -0.25) is 4.79 Å². The lowest BCUT2D eigenvalue weighted by Gasteiger charge is -2.07. The molecule has 2 aromatic carbocycles. The summed E-state index contributed by atoms with van der Waals surface area (Å²) in [6.45, 7) is 0. The van der Waals surface area contributed by atoms with Gasteiger partial charge in [-0.15, -0.1) is 0 Å². The van der Waals surface area contributed by atoms with Gasteiger partial charge >= 0.3 is 0 Å². The highest BCUT2D eigenvalue weighted by Crippen LogP contribution is 2.15. The number of amides is 1. The smallest absolute Gasteiger partial charge is 0.255 e. The Morgan fingerprint density at radius 2 is 1.81 bits per heavy atom. The van der Waals surface area contributed by atoms with Gasteiger partial charge in [0.15, 0.2) is 0 Å². The van der Waals surface area contributed by atoms with Crippen molar-refractivity contribution in [2.45, 2.75) is 12.8 Å². The zero-order chi connectivity index (χ0) is 15.2. The second-order valence-corrected chi connectivity index (χ2v) is 5.40. The molecule has 0 aliphatic heterocycles. The lowest BCUT2D eigenvalue weighted by Crippen LogP contribution is -2.12. The summed E-state index contributed by atoms with van der Waals surface area (Å²) in [5.74, 6) is -2.08. The van der Waals surface area contributed by atoms with Crippen LogP contribution in [-0.2, 0) is 6.42 Å². The number of benzene rings is 2. The molecule has 5 heteroatoms. The molecule has 0 heterocycles. The Morgan fingerprint density at radius 1 is 1.10 bits per heavy atom. The molecule has 2 nitrogen and oxygen atoms in total. The Morgan fingerprint density at radius 3 is 2.48 bits per heavy atom. The Balaban J connectivity index is 2.11. The van der Waals surface area contributed by atoms with E-state index in [4.69, 9.17) is 0 Å². The van der Waals surface area contributed by atoms with Crippen molar-refractivity contribution in [1.82, 2.24) is 0 Å². The first-order chi connectivity index (χ1) is 10.1. The number of hydrogen-bond acceptors (Lipinski definition) is 1. The van der Waals surface area contributed by atoms with Gasteiger partial charge in [-0.1, -0.05) is 28.1 Å². The molecule has 110 valence electrons. The van der Waals surface area contributed by atoms with Crippen molar-refractivity contribution < 1.29 is 13.6 Å².